The molecule has 0 bridgehead atoms. The van der Waals surface area contributed by atoms with Crippen molar-refractivity contribution in [2.24, 2.45) is 0 Å². The first kappa shape index (κ1) is 13.1. The molecule has 1 heterocycles. The van der Waals surface area contributed by atoms with Crippen molar-refractivity contribution in [1.82, 2.24) is 9.36 Å². The minimum Gasteiger partial charge on any atom is -0.360 e. The van der Waals surface area contributed by atoms with Gasteiger partial charge in [-0.2, -0.15) is 16.1 Å². The Labute approximate surface area is 112 Å². The molecule has 5 heteroatoms. The molecule has 1 fully saturated rings. The Morgan fingerprint density at radius 1 is 1.35 bits per heavy atom. The monoisotopic (exact) mass is 271 g/mol. The van der Waals surface area contributed by atoms with Gasteiger partial charge in [0.1, 0.15) is 0 Å². The number of nitrogens with one attached hydrogen (secondary N) is 1. The summed E-state index contributed by atoms with van der Waals surface area (Å²) in [6, 6.07) is 0. The third-order valence-corrected chi connectivity index (χ3v) is 5.07. The van der Waals surface area contributed by atoms with Crippen LogP contribution in [0.25, 0.3) is 0 Å². The molecule has 96 valence electrons. The Balaban J connectivity index is 1.72. The third-order valence-electron chi connectivity index (χ3n) is 2.99. The first-order valence-electron chi connectivity index (χ1n) is 6.56. The molecule has 2 rings (SSSR count). The zero-order valence-corrected chi connectivity index (χ0v) is 12.1. The van der Waals surface area contributed by atoms with E-state index in [4.69, 9.17) is 0 Å². The molecule has 0 aliphatic heterocycles. The van der Waals surface area contributed by atoms with Crippen molar-refractivity contribution < 1.29 is 0 Å². The zero-order chi connectivity index (χ0) is 11.9. The van der Waals surface area contributed by atoms with Gasteiger partial charge in [-0.05, 0) is 19.3 Å². The standard InChI is InChI=1S/C12H21N3S2/c1-2-8-13-12-14-11(15-17-12)9-16-10-6-4-3-5-7-10/h10H,2-9H2,1H3,(H,13,14,15). The summed E-state index contributed by atoms with van der Waals surface area (Å²) >= 11 is 3.53. The first-order chi connectivity index (χ1) is 8.38. The van der Waals surface area contributed by atoms with Crippen molar-refractivity contribution in [2.45, 2.75) is 56.5 Å². The minimum atomic E-state index is 0.847. The van der Waals surface area contributed by atoms with Crippen LogP contribution in [0.5, 0.6) is 0 Å². The highest BCUT2D eigenvalue weighted by molar-refractivity contribution is 7.99. The predicted octanol–water partition coefficient (Wildman–Crippen LogP) is 3.93. The summed E-state index contributed by atoms with van der Waals surface area (Å²) in [6.07, 6.45) is 8.14. The van der Waals surface area contributed by atoms with Gasteiger partial charge in [0, 0.05) is 23.3 Å². The van der Waals surface area contributed by atoms with Gasteiger partial charge in [0.05, 0.1) is 5.75 Å². The highest BCUT2D eigenvalue weighted by Crippen LogP contribution is 2.30. The van der Waals surface area contributed by atoms with Gasteiger partial charge in [0.15, 0.2) is 5.82 Å². The molecule has 0 radical (unpaired) electrons. The Morgan fingerprint density at radius 3 is 2.94 bits per heavy atom. The van der Waals surface area contributed by atoms with E-state index in [1.54, 1.807) is 0 Å². The van der Waals surface area contributed by atoms with Crippen LogP contribution in [-0.2, 0) is 5.75 Å². The highest BCUT2D eigenvalue weighted by atomic mass is 32.2. The molecule has 1 aromatic heterocycles. The van der Waals surface area contributed by atoms with Gasteiger partial charge < -0.3 is 5.32 Å². The quantitative estimate of drug-likeness (QED) is 0.851. The molecule has 0 unspecified atom stereocenters. The Bertz CT molecular complexity index is 321. The number of thioether (sulfide) groups is 1. The largest absolute Gasteiger partial charge is 0.360 e. The second-order valence-electron chi connectivity index (χ2n) is 4.51. The first-order valence-corrected chi connectivity index (χ1v) is 8.38. The van der Waals surface area contributed by atoms with Crippen LogP contribution in [0.3, 0.4) is 0 Å². The summed E-state index contributed by atoms with van der Waals surface area (Å²) in [4.78, 5) is 4.51. The minimum absolute atomic E-state index is 0.847. The molecule has 1 aromatic rings. The second kappa shape index (κ2) is 7.21. The van der Waals surface area contributed by atoms with E-state index >= 15 is 0 Å². The summed E-state index contributed by atoms with van der Waals surface area (Å²) in [5.74, 6) is 1.98. The summed E-state index contributed by atoms with van der Waals surface area (Å²) < 4.78 is 4.40. The third kappa shape index (κ3) is 4.47. The summed E-state index contributed by atoms with van der Waals surface area (Å²) in [7, 11) is 0. The van der Waals surface area contributed by atoms with Gasteiger partial charge in [-0.3, -0.25) is 0 Å². The van der Waals surface area contributed by atoms with Crippen LogP contribution in [0.4, 0.5) is 5.13 Å². The maximum atomic E-state index is 4.51. The highest BCUT2D eigenvalue weighted by Gasteiger charge is 2.14. The number of rotatable bonds is 6. The Kier molecular flexibility index (Phi) is 5.58. The lowest BCUT2D eigenvalue weighted by Gasteiger charge is -2.20. The lowest BCUT2D eigenvalue weighted by molar-refractivity contribution is 0.516. The lowest BCUT2D eigenvalue weighted by Crippen LogP contribution is -2.08. The van der Waals surface area contributed by atoms with E-state index in [9.17, 15) is 0 Å². The average molecular weight is 271 g/mol. The molecule has 0 spiro atoms. The molecule has 1 aliphatic carbocycles. The Hall–Kier alpha value is -0.290. The number of nitrogens with zero attached hydrogens (tertiary/aromatic N) is 2. The van der Waals surface area contributed by atoms with E-state index in [1.807, 2.05) is 11.8 Å². The smallest absolute Gasteiger partial charge is 0.202 e. The molecule has 0 atom stereocenters. The molecule has 3 nitrogen and oxygen atoms in total. The van der Waals surface area contributed by atoms with Crippen molar-refractivity contribution in [3.05, 3.63) is 5.82 Å². The second-order valence-corrected chi connectivity index (χ2v) is 6.55. The van der Waals surface area contributed by atoms with E-state index < -0.39 is 0 Å². The number of hydrogen-bond donors (Lipinski definition) is 1. The van der Waals surface area contributed by atoms with Crippen LogP contribution in [0.1, 0.15) is 51.3 Å². The van der Waals surface area contributed by atoms with Gasteiger partial charge in [0.25, 0.3) is 0 Å². The van der Waals surface area contributed by atoms with E-state index in [1.165, 1.54) is 43.6 Å². The average Bonchev–Trinajstić information content (AvgIpc) is 2.83. The normalized spacial score (nSPS) is 17.2. The summed E-state index contributed by atoms with van der Waals surface area (Å²) in [5.41, 5.74) is 0. The maximum absolute atomic E-state index is 4.51. The van der Waals surface area contributed by atoms with Crippen LogP contribution >= 0.6 is 23.3 Å². The Morgan fingerprint density at radius 2 is 2.18 bits per heavy atom. The van der Waals surface area contributed by atoms with Crippen LogP contribution < -0.4 is 5.32 Å². The fourth-order valence-corrected chi connectivity index (χ4v) is 3.91. The predicted molar refractivity (Wildman–Crippen MR) is 76.9 cm³/mol. The van der Waals surface area contributed by atoms with Crippen molar-refractivity contribution in [3.8, 4) is 0 Å². The zero-order valence-electron chi connectivity index (χ0n) is 10.4. The van der Waals surface area contributed by atoms with Crippen molar-refractivity contribution in [2.75, 3.05) is 11.9 Å². The summed E-state index contributed by atoms with van der Waals surface area (Å²) in [6.45, 7) is 3.15. The summed E-state index contributed by atoms with van der Waals surface area (Å²) in [5, 5.41) is 5.11. The van der Waals surface area contributed by atoms with Gasteiger partial charge in [0.2, 0.25) is 5.13 Å². The molecule has 1 aliphatic rings. The van der Waals surface area contributed by atoms with Crippen LogP contribution in [0, 0.1) is 0 Å². The molecular weight excluding hydrogens is 250 g/mol. The maximum Gasteiger partial charge on any atom is 0.202 e. The van der Waals surface area contributed by atoms with Gasteiger partial charge in [-0.15, -0.1) is 0 Å². The topological polar surface area (TPSA) is 37.8 Å². The number of hydrogen-bond acceptors (Lipinski definition) is 5. The van der Waals surface area contributed by atoms with Crippen molar-refractivity contribution in [1.29, 1.82) is 0 Å². The number of aromatic nitrogens is 2. The molecule has 1 N–H and O–H groups in total. The SMILES string of the molecule is CCCNc1nc(CSC2CCCCC2)ns1. The lowest BCUT2D eigenvalue weighted by atomic mass is 10.0. The van der Waals surface area contributed by atoms with Crippen LogP contribution in [-0.4, -0.2) is 21.2 Å². The van der Waals surface area contributed by atoms with Gasteiger partial charge in [-0.25, -0.2) is 4.98 Å². The molecule has 17 heavy (non-hydrogen) atoms. The van der Waals surface area contributed by atoms with Crippen LogP contribution in [0.15, 0.2) is 0 Å². The molecule has 0 amide bonds. The molecular formula is C12H21N3S2. The molecule has 1 saturated carbocycles. The number of anilines is 1. The van der Waals surface area contributed by atoms with E-state index in [0.29, 0.717) is 0 Å². The fraction of sp³-hybridized carbons (Fsp3) is 0.833. The fourth-order valence-electron chi connectivity index (χ4n) is 2.04. The van der Waals surface area contributed by atoms with Crippen molar-refractivity contribution in [3.63, 3.8) is 0 Å². The van der Waals surface area contributed by atoms with E-state index in [0.717, 1.165) is 34.9 Å². The van der Waals surface area contributed by atoms with E-state index in [-0.39, 0.29) is 0 Å². The van der Waals surface area contributed by atoms with Gasteiger partial charge in [-0.1, -0.05) is 26.2 Å². The van der Waals surface area contributed by atoms with Crippen LogP contribution in [0.2, 0.25) is 0 Å². The van der Waals surface area contributed by atoms with E-state index in [2.05, 4.69) is 21.6 Å². The van der Waals surface area contributed by atoms with Gasteiger partial charge >= 0.3 is 0 Å². The molecule has 0 saturated heterocycles. The van der Waals surface area contributed by atoms with Crippen molar-refractivity contribution >= 4 is 28.4 Å². The molecule has 0 aromatic carbocycles.